The van der Waals surface area contributed by atoms with Crippen molar-refractivity contribution >= 4 is 17.4 Å². The molecule has 2 rings (SSSR count). The number of nitrogens with one attached hydrogen (secondary N) is 1. The molecule has 1 aromatic rings. The summed E-state index contributed by atoms with van der Waals surface area (Å²) in [5.41, 5.74) is 0.930. The molecule has 0 aromatic carbocycles. The molecule has 1 aliphatic rings. The molecule has 2 heterocycles. The van der Waals surface area contributed by atoms with E-state index in [-0.39, 0.29) is 12.5 Å². The molecule has 0 aliphatic carbocycles. The molecular formula is C10H13N3O2. The Morgan fingerprint density at radius 2 is 2.40 bits per heavy atom. The van der Waals surface area contributed by atoms with Gasteiger partial charge in [-0.1, -0.05) is 0 Å². The van der Waals surface area contributed by atoms with Crippen molar-refractivity contribution in [3.8, 4) is 0 Å². The molecular weight excluding hydrogens is 194 g/mol. The van der Waals surface area contributed by atoms with E-state index in [9.17, 15) is 4.79 Å². The van der Waals surface area contributed by atoms with E-state index in [0.29, 0.717) is 19.0 Å². The summed E-state index contributed by atoms with van der Waals surface area (Å²) >= 11 is 0. The van der Waals surface area contributed by atoms with Crippen molar-refractivity contribution in [3.63, 3.8) is 0 Å². The molecule has 1 saturated heterocycles. The highest BCUT2D eigenvalue weighted by molar-refractivity contribution is 5.93. The van der Waals surface area contributed by atoms with Gasteiger partial charge in [0.1, 0.15) is 12.4 Å². The Balaban J connectivity index is 2.17. The van der Waals surface area contributed by atoms with Gasteiger partial charge in [-0.25, -0.2) is 4.98 Å². The summed E-state index contributed by atoms with van der Waals surface area (Å²) in [4.78, 5) is 17.3. The largest absolute Gasteiger partial charge is 0.387 e. The minimum Gasteiger partial charge on any atom is -0.387 e. The minimum absolute atomic E-state index is 0.0362. The van der Waals surface area contributed by atoms with Crippen LogP contribution < -0.4 is 10.2 Å². The number of rotatable bonds is 2. The second-order valence-electron chi connectivity index (χ2n) is 3.25. The van der Waals surface area contributed by atoms with Crippen molar-refractivity contribution in [1.29, 1.82) is 0 Å². The van der Waals surface area contributed by atoms with Crippen LogP contribution in [0.3, 0.4) is 0 Å². The van der Waals surface area contributed by atoms with E-state index in [1.807, 2.05) is 19.2 Å². The zero-order valence-corrected chi connectivity index (χ0v) is 8.56. The number of ether oxygens (including phenoxy) is 1. The van der Waals surface area contributed by atoms with Crippen LogP contribution >= 0.6 is 0 Å². The number of hydrogen-bond donors (Lipinski definition) is 1. The molecule has 0 saturated carbocycles. The fourth-order valence-electron chi connectivity index (χ4n) is 1.45. The lowest BCUT2D eigenvalue weighted by Crippen LogP contribution is -2.42. The van der Waals surface area contributed by atoms with Crippen molar-refractivity contribution < 1.29 is 9.53 Å². The van der Waals surface area contributed by atoms with Gasteiger partial charge in [-0.2, -0.15) is 0 Å². The first kappa shape index (κ1) is 9.92. The van der Waals surface area contributed by atoms with Gasteiger partial charge in [0.2, 0.25) is 0 Å². The molecule has 0 bridgehead atoms. The Kier molecular flexibility index (Phi) is 2.82. The number of nitrogens with zero attached hydrogens (tertiary/aromatic N) is 2. The third-order valence-electron chi connectivity index (χ3n) is 2.30. The fraction of sp³-hybridized carbons (Fsp3) is 0.400. The maximum Gasteiger partial charge on any atom is 0.254 e. The molecule has 15 heavy (non-hydrogen) atoms. The molecule has 5 heteroatoms. The van der Waals surface area contributed by atoms with E-state index >= 15 is 0 Å². The van der Waals surface area contributed by atoms with Crippen molar-refractivity contribution in [2.24, 2.45) is 0 Å². The Labute approximate surface area is 88.1 Å². The maximum absolute atomic E-state index is 11.5. The van der Waals surface area contributed by atoms with Crippen LogP contribution in [-0.2, 0) is 9.53 Å². The Morgan fingerprint density at radius 1 is 1.53 bits per heavy atom. The number of aromatic nitrogens is 1. The van der Waals surface area contributed by atoms with Gasteiger partial charge < -0.3 is 10.1 Å². The molecule has 1 amide bonds. The molecule has 0 unspecified atom stereocenters. The molecule has 0 radical (unpaired) electrons. The normalized spacial score (nSPS) is 16.6. The molecule has 1 N–H and O–H groups in total. The van der Waals surface area contributed by atoms with Crippen LogP contribution in [0.25, 0.3) is 0 Å². The lowest BCUT2D eigenvalue weighted by molar-refractivity contribution is -0.125. The fourth-order valence-corrected chi connectivity index (χ4v) is 1.45. The quantitative estimate of drug-likeness (QED) is 0.766. The monoisotopic (exact) mass is 207 g/mol. The molecule has 1 aliphatic heterocycles. The summed E-state index contributed by atoms with van der Waals surface area (Å²) < 4.78 is 5.05. The third-order valence-corrected chi connectivity index (χ3v) is 2.30. The van der Waals surface area contributed by atoms with Crippen LogP contribution in [0.1, 0.15) is 0 Å². The third kappa shape index (κ3) is 2.07. The van der Waals surface area contributed by atoms with Gasteiger partial charge in [-0.05, 0) is 12.1 Å². The van der Waals surface area contributed by atoms with Crippen LogP contribution in [0.2, 0.25) is 0 Å². The summed E-state index contributed by atoms with van der Waals surface area (Å²) in [7, 11) is 1.83. The highest BCUT2D eigenvalue weighted by Gasteiger charge is 2.20. The van der Waals surface area contributed by atoms with Crippen LogP contribution in [0.5, 0.6) is 0 Å². The standard InChI is InChI=1S/C10H13N3O2/c1-11-8-2-3-9(12-6-8)13-4-5-15-7-10(13)14/h2-3,6,11H,4-5,7H2,1H3. The molecule has 1 fully saturated rings. The predicted octanol–water partition coefficient (Wildman–Crippen LogP) is 0.486. The van der Waals surface area contributed by atoms with E-state index in [1.54, 1.807) is 11.1 Å². The predicted molar refractivity (Wildman–Crippen MR) is 57.0 cm³/mol. The topological polar surface area (TPSA) is 54.5 Å². The number of anilines is 2. The average molecular weight is 207 g/mol. The van der Waals surface area contributed by atoms with Crippen molar-refractivity contribution in [1.82, 2.24) is 4.98 Å². The second-order valence-corrected chi connectivity index (χ2v) is 3.25. The zero-order chi connectivity index (χ0) is 10.7. The number of pyridine rings is 1. The van der Waals surface area contributed by atoms with Crippen LogP contribution in [0.15, 0.2) is 18.3 Å². The summed E-state index contributed by atoms with van der Waals surface area (Å²) in [5.74, 6) is 0.647. The maximum atomic E-state index is 11.5. The first-order valence-electron chi connectivity index (χ1n) is 4.83. The zero-order valence-electron chi connectivity index (χ0n) is 8.56. The highest BCUT2D eigenvalue weighted by atomic mass is 16.5. The van der Waals surface area contributed by atoms with Crippen LogP contribution in [0, 0.1) is 0 Å². The lowest BCUT2D eigenvalue weighted by atomic mass is 10.3. The van der Waals surface area contributed by atoms with Gasteiger partial charge in [0, 0.05) is 7.05 Å². The highest BCUT2D eigenvalue weighted by Crippen LogP contribution is 2.15. The molecule has 5 nitrogen and oxygen atoms in total. The smallest absolute Gasteiger partial charge is 0.254 e. The average Bonchev–Trinajstić information content (AvgIpc) is 2.30. The van der Waals surface area contributed by atoms with E-state index < -0.39 is 0 Å². The molecule has 1 aromatic heterocycles. The van der Waals surface area contributed by atoms with E-state index in [1.165, 1.54) is 0 Å². The molecule has 0 spiro atoms. The summed E-state index contributed by atoms with van der Waals surface area (Å²) in [6.07, 6.45) is 1.71. The number of carbonyl (C=O) groups is 1. The van der Waals surface area contributed by atoms with Gasteiger partial charge >= 0.3 is 0 Å². The number of morpholine rings is 1. The van der Waals surface area contributed by atoms with Gasteiger partial charge in [0.25, 0.3) is 5.91 Å². The SMILES string of the molecule is CNc1ccc(N2CCOCC2=O)nc1. The summed E-state index contributed by atoms with van der Waals surface area (Å²) in [5, 5.41) is 2.98. The number of carbonyl (C=O) groups excluding carboxylic acids is 1. The lowest BCUT2D eigenvalue weighted by Gasteiger charge is -2.25. The minimum atomic E-state index is -0.0362. The van der Waals surface area contributed by atoms with Gasteiger partial charge in [0.15, 0.2) is 0 Å². The molecule has 0 atom stereocenters. The van der Waals surface area contributed by atoms with Crippen molar-refractivity contribution in [2.45, 2.75) is 0 Å². The Hall–Kier alpha value is -1.62. The van der Waals surface area contributed by atoms with E-state index in [4.69, 9.17) is 4.74 Å². The number of amides is 1. The van der Waals surface area contributed by atoms with Crippen molar-refractivity contribution in [2.75, 3.05) is 37.0 Å². The molecule has 80 valence electrons. The van der Waals surface area contributed by atoms with Gasteiger partial charge in [0.05, 0.1) is 25.0 Å². The summed E-state index contributed by atoms with van der Waals surface area (Å²) in [6, 6.07) is 3.72. The van der Waals surface area contributed by atoms with E-state index in [0.717, 1.165) is 5.69 Å². The first-order valence-corrected chi connectivity index (χ1v) is 4.83. The van der Waals surface area contributed by atoms with Gasteiger partial charge in [-0.3, -0.25) is 9.69 Å². The first-order chi connectivity index (χ1) is 7.31. The number of hydrogen-bond acceptors (Lipinski definition) is 4. The Bertz CT molecular complexity index is 350. The van der Waals surface area contributed by atoms with Crippen LogP contribution in [-0.4, -0.2) is 37.7 Å². The Morgan fingerprint density at radius 3 is 3.00 bits per heavy atom. The summed E-state index contributed by atoms with van der Waals surface area (Å²) in [6.45, 7) is 1.29. The van der Waals surface area contributed by atoms with Crippen molar-refractivity contribution in [3.05, 3.63) is 18.3 Å². The van der Waals surface area contributed by atoms with Crippen LogP contribution in [0.4, 0.5) is 11.5 Å². The second kappa shape index (κ2) is 4.27. The van der Waals surface area contributed by atoms with E-state index in [2.05, 4.69) is 10.3 Å². The van der Waals surface area contributed by atoms with Gasteiger partial charge in [-0.15, -0.1) is 0 Å².